The quantitative estimate of drug-likeness (QED) is 0.881. The average molecular weight is 242 g/mol. The molecule has 4 rings (SSSR count). The molecule has 3 saturated carbocycles. The Kier molecular flexibility index (Phi) is 2.65. The van der Waals surface area contributed by atoms with Crippen LogP contribution in [0.2, 0.25) is 0 Å². The molecule has 0 spiro atoms. The van der Waals surface area contributed by atoms with Gasteiger partial charge in [-0.2, -0.15) is 0 Å². The van der Waals surface area contributed by atoms with Gasteiger partial charge >= 0.3 is 0 Å². The van der Waals surface area contributed by atoms with Gasteiger partial charge in [-0.25, -0.2) is 0 Å². The number of nitrogens with zero attached hydrogens (tertiary/aromatic N) is 1. The highest BCUT2D eigenvalue weighted by molar-refractivity contribution is 5.10. The van der Waals surface area contributed by atoms with Gasteiger partial charge in [0.2, 0.25) is 0 Å². The molecule has 2 bridgehead atoms. The Balaban J connectivity index is 1.40. The number of aromatic nitrogens is 1. The first kappa shape index (κ1) is 11.0. The van der Waals surface area contributed by atoms with Crippen molar-refractivity contribution in [1.82, 2.24) is 10.3 Å². The molecule has 3 aliphatic carbocycles. The van der Waals surface area contributed by atoms with Crippen LogP contribution < -0.4 is 5.32 Å². The Morgan fingerprint density at radius 3 is 3.00 bits per heavy atom. The van der Waals surface area contributed by atoms with Gasteiger partial charge < -0.3 is 5.32 Å². The Hall–Kier alpha value is -0.890. The lowest BCUT2D eigenvalue weighted by Gasteiger charge is -2.32. The van der Waals surface area contributed by atoms with E-state index in [4.69, 9.17) is 0 Å². The van der Waals surface area contributed by atoms with Crippen molar-refractivity contribution in [1.29, 1.82) is 0 Å². The number of rotatable bonds is 3. The lowest BCUT2D eigenvalue weighted by atomic mass is 9.79. The van der Waals surface area contributed by atoms with Crippen LogP contribution in [-0.4, -0.2) is 11.0 Å². The van der Waals surface area contributed by atoms with Crippen molar-refractivity contribution in [3.05, 3.63) is 30.1 Å². The summed E-state index contributed by atoms with van der Waals surface area (Å²) in [5, 5.41) is 3.80. The molecule has 3 aliphatic rings. The maximum absolute atomic E-state index is 4.19. The molecule has 1 aromatic heterocycles. The standard InChI is InChI=1S/C16H22N2/c1-4-13-12-7-15(14(13)5-1)16(8-12)18-10-11-3-2-6-17-9-11/h2-3,6,9,12-16,18H,1,4-5,7-8,10H2. The summed E-state index contributed by atoms with van der Waals surface area (Å²) < 4.78 is 0. The van der Waals surface area contributed by atoms with Gasteiger partial charge in [-0.1, -0.05) is 12.5 Å². The molecule has 18 heavy (non-hydrogen) atoms. The molecular formula is C16H22N2. The monoisotopic (exact) mass is 242 g/mol. The van der Waals surface area contributed by atoms with Gasteiger partial charge in [-0.15, -0.1) is 0 Å². The van der Waals surface area contributed by atoms with Crippen LogP contribution in [0.15, 0.2) is 24.5 Å². The number of hydrogen-bond acceptors (Lipinski definition) is 2. The second-order valence-electron chi connectivity index (χ2n) is 6.50. The average Bonchev–Trinajstić information content (AvgIpc) is 3.09. The second-order valence-corrected chi connectivity index (χ2v) is 6.50. The number of fused-ring (bicyclic) bond motifs is 5. The summed E-state index contributed by atoms with van der Waals surface area (Å²) >= 11 is 0. The molecule has 5 atom stereocenters. The SMILES string of the molecule is c1cncc(CNC2CC3CC2C2CCCC32)c1. The molecule has 2 heteroatoms. The smallest absolute Gasteiger partial charge is 0.0312 e. The van der Waals surface area contributed by atoms with E-state index in [9.17, 15) is 0 Å². The van der Waals surface area contributed by atoms with Crippen LogP contribution in [0.4, 0.5) is 0 Å². The molecule has 0 saturated heterocycles. The van der Waals surface area contributed by atoms with Gasteiger partial charge in [0, 0.05) is 25.0 Å². The van der Waals surface area contributed by atoms with Crippen molar-refractivity contribution < 1.29 is 0 Å². The molecule has 5 unspecified atom stereocenters. The van der Waals surface area contributed by atoms with E-state index >= 15 is 0 Å². The third-order valence-corrected chi connectivity index (χ3v) is 5.72. The molecule has 1 heterocycles. The first-order chi connectivity index (χ1) is 8.92. The van der Waals surface area contributed by atoms with E-state index < -0.39 is 0 Å². The van der Waals surface area contributed by atoms with Crippen LogP contribution in [0.1, 0.15) is 37.7 Å². The van der Waals surface area contributed by atoms with E-state index in [1.54, 1.807) is 0 Å². The highest BCUT2D eigenvalue weighted by Gasteiger charge is 2.53. The van der Waals surface area contributed by atoms with Crippen molar-refractivity contribution in [2.45, 2.75) is 44.7 Å². The molecular weight excluding hydrogens is 220 g/mol. The predicted octanol–water partition coefficient (Wildman–Crippen LogP) is 3.00. The van der Waals surface area contributed by atoms with E-state index in [0.717, 1.165) is 36.3 Å². The molecule has 0 radical (unpaired) electrons. The highest BCUT2D eigenvalue weighted by Crippen LogP contribution is 2.58. The summed E-state index contributed by atoms with van der Waals surface area (Å²) in [6.45, 7) is 0.999. The molecule has 0 aliphatic heterocycles. The fourth-order valence-corrected chi connectivity index (χ4v) is 5.05. The van der Waals surface area contributed by atoms with Crippen LogP contribution in [-0.2, 0) is 6.54 Å². The number of hydrogen-bond donors (Lipinski definition) is 1. The molecule has 1 aromatic rings. The molecule has 2 nitrogen and oxygen atoms in total. The zero-order chi connectivity index (χ0) is 11.9. The minimum absolute atomic E-state index is 0.787. The molecule has 1 N–H and O–H groups in total. The Bertz CT molecular complexity index is 416. The normalized spacial score (nSPS) is 41.2. The summed E-state index contributed by atoms with van der Waals surface area (Å²) in [7, 11) is 0. The second kappa shape index (κ2) is 4.34. The van der Waals surface area contributed by atoms with Crippen molar-refractivity contribution in [2.24, 2.45) is 23.7 Å². The van der Waals surface area contributed by atoms with Crippen LogP contribution in [0.5, 0.6) is 0 Å². The van der Waals surface area contributed by atoms with E-state index in [0.29, 0.717) is 0 Å². The first-order valence-corrected chi connectivity index (χ1v) is 7.54. The fourth-order valence-electron chi connectivity index (χ4n) is 5.05. The third-order valence-electron chi connectivity index (χ3n) is 5.72. The van der Waals surface area contributed by atoms with E-state index in [2.05, 4.69) is 16.4 Å². The number of nitrogens with one attached hydrogen (secondary N) is 1. The van der Waals surface area contributed by atoms with Crippen LogP contribution in [0.25, 0.3) is 0 Å². The molecule has 0 aromatic carbocycles. The lowest BCUT2D eigenvalue weighted by Crippen LogP contribution is -2.38. The predicted molar refractivity (Wildman–Crippen MR) is 71.9 cm³/mol. The summed E-state index contributed by atoms with van der Waals surface area (Å²) in [6.07, 6.45) is 11.3. The van der Waals surface area contributed by atoms with Gasteiger partial charge in [-0.05, 0) is 61.0 Å². The Morgan fingerprint density at radius 2 is 2.11 bits per heavy atom. The summed E-state index contributed by atoms with van der Waals surface area (Å²) in [5.41, 5.74) is 1.32. The van der Waals surface area contributed by atoms with E-state index in [1.165, 1.54) is 37.7 Å². The zero-order valence-corrected chi connectivity index (χ0v) is 10.9. The van der Waals surface area contributed by atoms with Gasteiger partial charge in [0.15, 0.2) is 0 Å². The van der Waals surface area contributed by atoms with Crippen LogP contribution >= 0.6 is 0 Å². The summed E-state index contributed by atoms with van der Waals surface area (Å²) in [4.78, 5) is 4.19. The van der Waals surface area contributed by atoms with Gasteiger partial charge in [0.1, 0.15) is 0 Å². The van der Waals surface area contributed by atoms with Gasteiger partial charge in [-0.3, -0.25) is 4.98 Å². The Morgan fingerprint density at radius 1 is 1.17 bits per heavy atom. The van der Waals surface area contributed by atoms with Crippen LogP contribution in [0, 0.1) is 23.7 Å². The maximum atomic E-state index is 4.19. The third kappa shape index (κ3) is 1.70. The molecule has 0 amide bonds. The minimum Gasteiger partial charge on any atom is -0.310 e. The van der Waals surface area contributed by atoms with Gasteiger partial charge in [0.05, 0.1) is 0 Å². The largest absolute Gasteiger partial charge is 0.310 e. The highest BCUT2D eigenvalue weighted by atomic mass is 14.9. The maximum Gasteiger partial charge on any atom is 0.0312 e. The zero-order valence-electron chi connectivity index (χ0n) is 10.9. The van der Waals surface area contributed by atoms with Crippen molar-refractivity contribution >= 4 is 0 Å². The molecule has 96 valence electrons. The topological polar surface area (TPSA) is 24.9 Å². The van der Waals surface area contributed by atoms with Gasteiger partial charge in [0.25, 0.3) is 0 Å². The summed E-state index contributed by atoms with van der Waals surface area (Å²) in [5.74, 6) is 4.20. The van der Waals surface area contributed by atoms with E-state index in [1.807, 2.05) is 18.5 Å². The van der Waals surface area contributed by atoms with E-state index in [-0.39, 0.29) is 0 Å². The lowest BCUT2D eigenvalue weighted by molar-refractivity contribution is 0.208. The van der Waals surface area contributed by atoms with Crippen molar-refractivity contribution in [3.8, 4) is 0 Å². The van der Waals surface area contributed by atoms with Crippen molar-refractivity contribution in [2.75, 3.05) is 0 Å². The Labute approximate surface area is 109 Å². The first-order valence-electron chi connectivity index (χ1n) is 7.54. The van der Waals surface area contributed by atoms with Crippen LogP contribution in [0.3, 0.4) is 0 Å². The minimum atomic E-state index is 0.787. The summed E-state index contributed by atoms with van der Waals surface area (Å²) in [6, 6.07) is 4.99. The molecule has 3 fully saturated rings. The number of pyridine rings is 1. The van der Waals surface area contributed by atoms with Crippen molar-refractivity contribution in [3.63, 3.8) is 0 Å². The fraction of sp³-hybridized carbons (Fsp3) is 0.688.